The molecule has 5 rings (SSSR count). The normalized spacial score (nSPS) is 27.1. The van der Waals surface area contributed by atoms with Crippen molar-refractivity contribution in [3.8, 4) is 0 Å². The van der Waals surface area contributed by atoms with E-state index in [4.69, 9.17) is 5.11 Å². The number of aryl methyl sites for hydroxylation is 2. The molecule has 2 saturated carbocycles. The lowest BCUT2D eigenvalue weighted by Crippen LogP contribution is -2.57. The minimum absolute atomic E-state index is 0.0344. The first-order valence-electron chi connectivity index (χ1n) is 12.3. The number of benzene rings is 1. The Morgan fingerprint density at radius 1 is 1.06 bits per heavy atom. The van der Waals surface area contributed by atoms with Gasteiger partial charge in [0.2, 0.25) is 0 Å². The van der Waals surface area contributed by atoms with Crippen LogP contribution in [0.1, 0.15) is 81.2 Å². The number of hydrogen-bond acceptors (Lipinski definition) is 4. The van der Waals surface area contributed by atoms with Crippen LogP contribution in [-0.4, -0.2) is 36.1 Å². The largest absolute Gasteiger partial charge is 0.481 e. The third kappa shape index (κ3) is 4.47. The monoisotopic (exact) mass is 466 g/mol. The second-order valence-electron chi connectivity index (χ2n) is 10.5. The van der Waals surface area contributed by atoms with Gasteiger partial charge >= 0.3 is 5.97 Å². The number of amides is 1. The van der Waals surface area contributed by atoms with Gasteiger partial charge in [-0.05, 0) is 99.9 Å². The van der Waals surface area contributed by atoms with Crippen molar-refractivity contribution in [3.63, 3.8) is 0 Å². The lowest BCUT2D eigenvalue weighted by Gasteiger charge is -2.56. The van der Waals surface area contributed by atoms with Crippen LogP contribution in [0.15, 0.2) is 24.3 Å². The van der Waals surface area contributed by atoms with Crippen molar-refractivity contribution in [2.45, 2.75) is 70.8 Å². The van der Waals surface area contributed by atoms with E-state index in [9.17, 15) is 9.59 Å². The molecule has 0 radical (unpaired) electrons. The van der Waals surface area contributed by atoms with E-state index in [2.05, 4.69) is 41.8 Å². The van der Waals surface area contributed by atoms with E-state index in [0.717, 1.165) is 61.2 Å². The topological polar surface area (TPSA) is 78.4 Å². The molecule has 1 spiro atoms. The van der Waals surface area contributed by atoms with Crippen LogP contribution in [0.2, 0.25) is 0 Å². The van der Waals surface area contributed by atoms with Gasteiger partial charge in [-0.15, -0.1) is 11.3 Å². The summed E-state index contributed by atoms with van der Waals surface area (Å²) in [4.78, 5) is 26.6. The number of carboxylic acid groups (broad SMARTS) is 1. The highest BCUT2D eigenvalue weighted by Crippen LogP contribution is 2.58. The summed E-state index contributed by atoms with van der Waals surface area (Å²) >= 11 is 1.71. The summed E-state index contributed by atoms with van der Waals surface area (Å²) in [6.45, 7) is 6.36. The summed E-state index contributed by atoms with van der Waals surface area (Å²) in [5, 5.41) is 15.8. The number of aliphatic carboxylic acids is 1. The van der Waals surface area contributed by atoms with Crippen LogP contribution in [0.25, 0.3) is 0 Å². The Kier molecular flexibility index (Phi) is 6.08. The van der Waals surface area contributed by atoms with Gasteiger partial charge in [-0.2, -0.15) is 0 Å². The van der Waals surface area contributed by atoms with Crippen LogP contribution in [0.3, 0.4) is 0 Å². The van der Waals surface area contributed by atoms with Gasteiger partial charge in [0.05, 0.1) is 11.5 Å². The van der Waals surface area contributed by atoms with Crippen LogP contribution in [-0.2, 0) is 11.2 Å². The SMILES string of the molecule is Cc1sc(C)c(C(=O)NC2CC3(C2)CC(C(=O)O)C3)c1Cc1ccc(C2CCNCC2)cc1. The molecule has 33 heavy (non-hydrogen) atoms. The number of hydrogen-bond donors (Lipinski definition) is 3. The summed E-state index contributed by atoms with van der Waals surface area (Å²) < 4.78 is 0. The molecule has 3 N–H and O–H groups in total. The molecule has 5 nitrogen and oxygen atoms in total. The molecule has 1 aromatic carbocycles. The summed E-state index contributed by atoms with van der Waals surface area (Å²) in [5.41, 5.74) is 4.83. The molecule has 3 fully saturated rings. The number of carboxylic acids is 1. The highest BCUT2D eigenvalue weighted by Gasteiger charge is 2.55. The molecule has 1 aromatic heterocycles. The van der Waals surface area contributed by atoms with Gasteiger partial charge in [0.25, 0.3) is 5.91 Å². The standard InChI is InChI=1S/C27H34N2O3S/c1-16-23(11-18-3-5-19(6-4-18)20-7-9-28-10-8-20)24(17(2)33-16)25(30)29-22-14-27(15-22)12-21(13-27)26(31)32/h3-6,20-22,28H,7-15H2,1-2H3,(H,29,30)(H,31,32). The minimum atomic E-state index is -0.675. The maximum absolute atomic E-state index is 13.2. The van der Waals surface area contributed by atoms with Gasteiger partial charge in [0, 0.05) is 15.8 Å². The first kappa shape index (κ1) is 22.6. The van der Waals surface area contributed by atoms with Crippen molar-refractivity contribution in [1.29, 1.82) is 0 Å². The van der Waals surface area contributed by atoms with E-state index >= 15 is 0 Å². The van der Waals surface area contributed by atoms with Crippen molar-refractivity contribution < 1.29 is 14.7 Å². The molecule has 6 heteroatoms. The molecule has 3 aliphatic rings. The molecule has 0 bridgehead atoms. The molecule has 1 saturated heterocycles. The quantitative estimate of drug-likeness (QED) is 0.572. The molecule has 2 aliphatic carbocycles. The third-order valence-electron chi connectivity index (χ3n) is 8.19. The summed E-state index contributed by atoms with van der Waals surface area (Å²) in [6, 6.07) is 9.18. The molecule has 2 heterocycles. The molecule has 2 aromatic rings. The van der Waals surface area contributed by atoms with E-state index in [1.165, 1.54) is 28.8 Å². The highest BCUT2D eigenvalue weighted by atomic mass is 32.1. The fourth-order valence-corrected chi connectivity index (χ4v) is 7.42. The van der Waals surface area contributed by atoms with Crippen LogP contribution < -0.4 is 10.6 Å². The number of nitrogens with one attached hydrogen (secondary N) is 2. The fourth-order valence-electron chi connectivity index (χ4n) is 6.35. The Morgan fingerprint density at radius 2 is 1.73 bits per heavy atom. The molecule has 1 aliphatic heterocycles. The Bertz CT molecular complexity index is 1040. The summed E-state index contributed by atoms with van der Waals surface area (Å²) in [5.74, 6) is -0.173. The Morgan fingerprint density at radius 3 is 2.36 bits per heavy atom. The van der Waals surface area contributed by atoms with Crippen LogP contribution in [0.5, 0.6) is 0 Å². The molecular weight excluding hydrogens is 432 g/mol. The smallest absolute Gasteiger partial charge is 0.306 e. The van der Waals surface area contributed by atoms with Crippen LogP contribution in [0, 0.1) is 25.2 Å². The van der Waals surface area contributed by atoms with Gasteiger partial charge in [0.15, 0.2) is 0 Å². The predicted octanol–water partition coefficient (Wildman–Crippen LogP) is 4.80. The number of carbonyl (C=O) groups is 2. The minimum Gasteiger partial charge on any atom is -0.481 e. The summed E-state index contributed by atoms with van der Waals surface area (Å²) in [7, 11) is 0. The molecule has 1 amide bonds. The van der Waals surface area contributed by atoms with E-state index < -0.39 is 5.97 Å². The third-order valence-corrected chi connectivity index (χ3v) is 9.25. The lowest BCUT2D eigenvalue weighted by atomic mass is 9.50. The molecular formula is C27H34N2O3S. The number of piperidine rings is 1. The van der Waals surface area contributed by atoms with Gasteiger partial charge in [0.1, 0.15) is 0 Å². The molecule has 0 unspecified atom stereocenters. The maximum atomic E-state index is 13.2. The first-order valence-corrected chi connectivity index (χ1v) is 13.1. The van der Waals surface area contributed by atoms with Crippen molar-refractivity contribution in [2.75, 3.05) is 13.1 Å². The molecule has 0 atom stereocenters. The molecule has 176 valence electrons. The van der Waals surface area contributed by atoms with E-state index in [-0.39, 0.29) is 23.3 Å². The average molecular weight is 467 g/mol. The Labute approximate surface area is 200 Å². The second kappa shape index (κ2) is 8.88. The zero-order valence-corrected chi connectivity index (χ0v) is 20.4. The number of rotatable bonds is 6. The zero-order valence-electron chi connectivity index (χ0n) is 19.6. The fraction of sp³-hybridized carbons (Fsp3) is 0.556. The van der Waals surface area contributed by atoms with Crippen molar-refractivity contribution in [3.05, 3.63) is 56.3 Å². The van der Waals surface area contributed by atoms with Crippen LogP contribution in [0.4, 0.5) is 0 Å². The average Bonchev–Trinajstić information content (AvgIpc) is 3.02. The van der Waals surface area contributed by atoms with Gasteiger partial charge < -0.3 is 15.7 Å². The maximum Gasteiger partial charge on any atom is 0.306 e. The highest BCUT2D eigenvalue weighted by molar-refractivity contribution is 7.12. The Hall–Kier alpha value is -2.18. The van der Waals surface area contributed by atoms with E-state index in [0.29, 0.717) is 5.92 Å². The van der Waals surface area contributed by atoms with Crippen molar-refractivity contribution in [1.82, 2.24) is 10.6 Å². The zero-order chi connectivity index (χ0) is 23.2. The summed E-state index contributed by atoms with van der Waals surface area (Å²) in [6.07, 6.45) is 6.54. The number of thiophene rings is 1. The van der Waals surface area contributed by atoms with Crippen molar-refractivity contribution in [2.24, 2.45) is 11.3 Å². The Balaban J connectivity index is 1.23. The first-order chi connectivity index (χ1) is 15.8. The predicted molar refractivity (Wildman–Crippen MR) is 131 cm³/mol. The van der Waals surface area contributed by atoms with Gasteiger partial charge in [-0.1, -0.05) is 24.3 Å². The van der Waals surface area contributed by atoms with E-state index in [1.807, 2.05) is 6.92 Å². The van der Waals surface area contributed by atoms with Gasteiger partial charge in [-0.3, -0.25) is 9.59 Å². The lowest BCUT2D eigenvalue weighted by molar-refractivity contribution is -0.155. The second-order valence-corrected chi connectivity index (χ2v) is 12.0. The van der Waals surface area contributed by atoms with E-state index in [1.54, 1.807) is 11.3 Å². The number of carbonyl (C=O) groups excluding carboxylic acids is 1. The van der Waals surface area contributed by atoms with Crippen molar-refractivity contribution >= 4 is 23.2 Å². The van der Waals surface area contributed by atoms with Gasteiger partial charge in [-0.25, -0.2) is 0 Å². The van der Waals surface area contributed by atoms with Crippen LogP contribution >= 0.6 is 11.3 Å².